The van der Waals surface area contributed by atoms with Gasteiger partial charge >= 0.3 is 0 Å². The molecule has 3 atom stereocenters. The smallest absolute Gasteiger partial charge is 0.237 e. The Morgan fingerprint density at radius 3 is 2.40 bits per heavy atom. The van der Waals surface area contributed by atoms with E-state index in [-0.39, 0.29) is 18.0 Å². The van der Waals surface area contributed by atoms with Crippen LogP contribution in [0.1, 0.15) is 68.0 Å². The molecule has 0 radical (unpaired) electrons. The summed E-state index contributed by atoms with van der Waals surface area (Å²) in [6, 6.07) is 13.3. The second-order valence-electron chi connectivity index (χ2n) is 7.10. The molecule has 1 fully saturated rings. The molecular formula is C21H28N2OS. The van der Waals surface area contributed by atoms with Gasteiger partial charge in [0.15, 0.2) is 0 Å². The van der Waals surface area contributed by atoms with Crippen LogP contribution in [0.4, 0.5) is 0 Å². The Balaban J connectivity index is 1.76. The van der Waals surface area contributed by atoms with Crippen molar-refractivity contribution in [3.63, 3.8) is 0 Å². The first-order chi connectivity index (χ1) is 12.1. The molecule has 1 aliphatic rings. The summed E-state index contributed by atoms with van der Waals surface area (Å²) in [5.74, 6) is 0.672. The molecule has 1 aromatic carbocycles. The topological polar surface area (TPSA) is 41.1 Å². The third kappa shape index (κ3) is 4.71. The van der Waals surface area contributed by atoms with Crippen molar-refractivity contribution in [2.24, 2.45) is 0 Å². The predicted molar refractivity (Wildman–Crippen MR) is 105 cm³/mol. The highest BCUT2D eigenvalue weighted by Crippen LogP contribution is 2.28. The van der Waals surface area contributed by atoms with Crippen molar-refractivity contribution < 1.29 is 4.79 Å². The summed E-state index contributed by atoms with van der Waals surface area (Å²) in [6.45, 7) is 6.43. The molecule has 2 aromatic rings. The zero-order valence-corrected chi connectivity index (χ0v) is 16.1. The maximum atomic E-state index is 12.3. The van der Waals surface area contributed by atoms with E-state index in [0.29, 0.717) is 12.0 Å². The first kappa shape index (κ1) is 18.2. The highest BCUT2D eigenvalue weighted by molar-refractivity contribution is 7.10. The van der Waals surface area contributed by atoms with Crippen molar-refractivity contribution in [1.29, 1.82) is 0 Å². The van der Waals surface area contributed by atoms with Gasteiger partial charge in [-0.05, 0) is 54.7 Å². The lowest BCUT2D eigenvalue weighted by molar-refractivity contribution is -0.123. The van der Waals surface area contributed by atoms with Gasteiger partial charge in [0.05, 0.1) is 12.1 Å². The van der Waals surface area contributed by atoms with E-state index in [1.54, 1.807) is 11.3 Å². The number of benzene rings is 1. The Hall–Kier alpha value is -1.65. The van der Waals surface area contributed by atoms with E-state index in [9.17, 15) is 4.79 Å². The molecule has 1 aliphatic carbocycles. The fourth-order valence-electron chi connectivity index (χ4n) is 2.93. The van der Waals surface area contributed by atoms with Crippen LogP contribution in [-0.4, -0.2) is 18.0 Å². The second-order valence-corrected chi connectivity index (χ2v) is 8.07. The average Bonchev–Trinajstić information content (AvgIpc) is 3.28. The molecule has 0 bridgehead atoms. The molecule has 0 aliphatic heterocycles. The van der Waals surface area contributed by atoms with E-state index in [0.717, 1.165) is 19.3 Å². The highest BCUT2D eigenvalue weighted by atomic mass is 32.1. The minimum Gasteiger partial charge on any atom is -0.352 e. The Morgan fingerprint density at radius 2 is 1.84 bits per heavy atom. The lowest BCUT2D eigenvalue weighted by Crippen LogP contribution is -2.44. The summed E-state index contributed by atoms with van der Waals surface area (Å²) < 4.78 is 0. The molecule has 0 unspecified atom stereocenters. The summed E-state index contributed by atoms with van der Waals surface area (Å²) in [5.41, 5.74) is 2.58. The zero-order chi connectivity index (χ0) is 17.8. The average molecular weight is 357 g/mol. The summed E-state index contributed by atoms with van der Waals surface area (Å²) in [6.07, 6.45) is 3.37. The fraction of sp³-hybridized carbons (Fsp3) is 0.476. The number of carbonyl (C=O) groups excluding carboxylic acids is 1. The van der Waals surface area contributed by atoms with E-state index in [1.807, 2.05) is 6.92 Å². The molecule has 4 heteroatoms. The number of rotatable bonds is 8. The minimum atomic E-state index is -0.220. The van der Waals surface area contributed by atoms with E-state index < -0.39 is 0 Å². The monoisotopic (exact) mass is 356 g/mol. The van der Waals surface area contributed by atoms with Gasteiger partial charge in [-0.25, -0.2) is 0 Å². The number of hydrogen-bond donors (Lipinski definition) is 2. The fourth-order valence-corrected chi connectivity index (χ4v) is 3.74. The lowest BCUT2D eigenvalue weighted by Gasteiger charge is -2.23. The molecule has 1 amide bonds. The number of carbonyl (C=O) groups is 1. The number of amides is 1. The first-order valence-electron chi connectivity index (χ1n) is 9.28. The molecule has 3 nitrogen and oxygen atoms in total. The largest absolute Gasteiger partial charge is 0.352 e. The third-order valence-electron chi connectivity index (χ3n) is 5.01. The SMILES string of the molecule is CC[C@@H](C)c1ccc([C@@H](N[C@@H](C)C(=O)NC2CC2)c2cccs2)cc1. The molecule has 1 aromatic heterocycles. The maximum absolute atomic E-state index is 12.3. The van der Waals surface area contributed by atoms with Gasteiger partial charge in [0, 0.05) is 10.9 Å². The van der Waals surface area contributed by atoms with Crippen LogP contribution in [0.25, 0.3) is 0 Å². The van der Waals surface area contributed by atoms with Crippen LogP contribution < -0.4 is 10.6 Å². The van der Waals surface area contributed by atoms with Crippen molar-refractivity contribution in [2.45, 2.75) is 64.1 Å². The van der Waals surface area contributed by atoms with Crippen LogP contribution in [0.15, 0.2) is 41.8 Å². The quantitative estimate of drug-likeness (QED) is 0.725. The van der Waals surface area contributed by atoms with Crippen LogP contribution >= 0.6 is 11.3 Å². The van der Waals surface area contributed by atoms with E-state index in [1.165, 1.54) is 16.0 Å². The van der Waals surface area contributed by atoms with Gasteiger partial charge in [-0.1, -0.05) is 44.2 Å². The molecule has 1 saturated carbocycles. The predicted octanol–water partition coefficient (Wildman–Crippen LogP) is 4.61. The number of thiophene rings is 1. The zero-order valence-electron chi connectivity index (χ0n) is 15.3. The van der Waals surface area contributed by atoms with Crippen LogP contribution in [0.2, 0.25) is 0 Å². The van der Waals surface area contributed by atoms with Crippen molar-refractivity contribution in [3.05, 3.63) is 57.8 Å². The normalized spacial score (nSPS) is 17.7. The Labute approximate surface area is 154 Å². The van der Waals surface area contributed by atoms with Crippen molar-refractivity contribution in [2.75, 3.05) is 0 Å². The summed E-state index contributed by atoms with van der Waals surface area (Å²) in [5, 5.41) is 8.71. The third-order valence-corrected chi connectivity index (χ3v) is 5.95. The Kier molecular flexibility index (Phi) is 5.92. The standard InChI is InChI=1S/C21H28N2OS/c1-4-14(2)16-7-9-17(10-8-16)20(19-6-5-13-25-19)22-15(3)21(24)23-18-11-12-18/h5-10,13-15,18,20,22H,4,11-12H2,1-3H3,(H,23,24)/t14-,15+,20-/m1/s1. The first-order valence-corrected chi connectivity index (χ1v) is 10.2. The molecule has 0 saturated heterocycles. The molecular weight excluding hydrogens is 328 g/mol. The molecule has 0 spiro atoms. The van der Waals surface area contributed by atoms with Gasteiger partial charge in [-0.3, -0.25) is 10.1 Å². The lowest BCUT2D eigenvalue weighted by atomic mass is 9.95. The van der Waals surface area contributed by atoms with Crippen LogP contribution in [0.3, 0.4) is 0 Å². The Bertz CT molecular complexity index is 676. The maximum Gasteiger partial charge on any atom is 0.237 e. The Morgan fingerprint density at radius 1 is 1.16 bits per heavy atom. The van der Waals surface area contributed by atoms with Gasteiger partial charge < -0.3 is 5.32 Å². The van der Waals surface area contributed by atoms with Gasteiger partial charge in [0.25, 0.3) is 0 Å². The summed E-state index contributed by atoms with van der Waals surface area (Å²) in [7, 11) is 0. The van der Waals surface area contributed by atoms with E-state index in [4.69, 9.17) is 0 Å². The summed E-state index contributed by atoms with van der Waals surface area (Å²) >= 11 is 1.73. The van der Waals surface area contributed by atoms with Gasteiger partial charge in [0.1, 0.15) is 0 Å². The molecule has 25 heavy (non-hydrogen) atoms. The van der Waals surface area contributed by atoms with E-state index in [2.05, 4.69) is 66.3 Å². The highest BCUT2D eigenvalue weighted by Gasteiger charge is 2.27. The minimum absolute atomic E-state index is 0.0472. The molecule has 134 valence electrons. The number of nitrogens with one attached hydrogen (secondary N) is 2. The molecule has 2 N–H and O–H groups in total. The number of hydrogen-bond acceptors (Lipinski definition) is 3. The van der Waals surface area contributed by atoms with Crippen molar-refractivity contribution in [3.8, 4) is 0 Å². The van der Waals surface area contributed by atoms with E-state index >= 15 is 0 Å². The molecule has 1 heterocycles. The molecule has 3 rings (SSSR count). The van der Waals surface area contributed by atoms with Gasteiger partial charge in [-0.15, -0.1) is 11.3 Å². The van der Waals surface area contributed by atoms with Gasteiger partial charge in [0.2, 0.25) is 5.91 Å². The summed E-state index contributed by atoms with van der Waals surface area (Å²) in [4.78, 5) is 13.6. The van der Waals surface area contributed by atoms with Crippen LogP contribution in [-0.2, 0) is 4.79 Å². The second kappa shape index (κ2) is 8.15. The van der Waals surface area contributed by atoms with Crippen LogP contribution in [0.5, 0.6) is 0 Å². The van der Waals surface area contributed by atoms with Gasteiger partial charge in [-0.2, -0.15) is 0 Å². The van der Waals surface area contributed by atoms with Crippen molar-refractivity contribution >= 4 is 17.2 Å². The van der Waals surface area contributed by atoms with Crippen molar-refractivity contribution in [1.82, 2.24) is 10.6 Å². The van der Waals surface area contributed by atoms with Crippen LogP contribution in [0, 0.1) is 0 Å².